The van der Waals surface area contributed by atoms with E-state index in [2.05, 4.69) is 9.97 Å². The predicted octanol–water partition coefficient (Wildman–Crippen LogP) is 3.43. The Balaban J connectivity index is 1.78. The van der Waals surface area contributed by atoms with Gasteiger partial charge in [0.2, 0.25) is 0 Å². The van der Waals surface area contributed by atoms with Gasteiger partial charge in [0.05, 0.1) is 0 Å². The number of H-pyrrole nitrogens is 1. The monoisotopic (exact) mass is 334 g/mol. The van der Waals surface area contributed by atoms with Crippen LogP contribution in [0.1, 0.15) is 21.7 Å². The molecule has 2 aromatic carbocycles. The van der Waals surface area contributed by atoms with Crippen molar-refractivity contribution in [3.05, 3.63) is 88.1 Å². The molecule has 0 amide bonds. The normalized spacial score (nSPS) is 10.7. The summed E-state index contributed by atoms with van der Waals surface area (Å²) in [5, 5.41) is 8.82. The Morgan fingerprint density at radius 3 is 2.52 bits per heavy atom. The highest BCUT2D eigenvalue weighted by molar-refractivity contribution is 5.86. The minimum atomic E-state index is -1.31. The van der Waals surface area contributed by atoms with Crippen LogP contribution >= 0.6 is 0 Å². The summed E-state index contributed by atoms with van der Waals surface area (Å²) in [6.07, 6.45) is 4.38. The van der Waals surface area contributed by atoms with Crippen LogP contribution in [0.15, 0.2) is 65.6 Å². The molecular weight excluding hydrogens is 320 g/mol. The van der Waals surface area contributed by atoms with Crippen LogP contribution in [-0.4, -0.2) is 21.0 Å². The quantitative estimate of drug-likeness (QED) is 0.746. The Morgan fingerprint density at radius 1 is 1.04 bits per heavy atom. The lowest BCUT2D eigenvalue weighted by atomic mass is 10.2. The van der Waals surface area contributed by atoms with E-state index in [0.717, 1.165) is 17.5 Å². The molecule has 25 heavy (non-hydrogen) atoms. The van der Waals surface area contributed by atoms with Gasteiger partial charge in [-0.2, -0.15) is 0 Å². The molecule has 6 nitrogen and oxygen atoms in total. The molecule has 0 saturated heterocycles. The first-order valence-electron chi connectivity index (χ1n) is 7.45. The maximum atomic E-state index is 11.6. The average Bonchev–Trinajstić information content (AvgIpc) is 2.61. The average molecular weight is 334 g/mol. The zero-order chi connectivity index (χ0) is 17.6. The minimum absolute atomic E-state index is 0.268. The molecule has 0 spiro atoms. The second-order valence-electron chi connectivity index (χ2n) is 5.14. The standard InChI is InChI=1S/C19H14N2O4/c22-18-16(19(23)24)12-20-17(21-18)10-9-13-5-4-8-15(11-13)25-14-6-2-1-3-7-14/h1-12H,(H,23,24)(H,20,21,22)/b10-9+. The largest absolute Gasteiger partial charge is 0.477 e. The molecule has 0 radical (unpaired) electrons. The molecule has 124 valence electrons. The smallest absolute Gasteiger partial charge is 0.342 e. The highest BCUT2D eigenvalue weighted by Gasteiger charge is 2.08. The van der Waals surface area contributed by atoms with Crippen LogP contribution in [0.25, 0.3) is 12.2 Å². The van der Waals surface area contributed by atoms with Crippen molar-refractivity contribution in [1.29, 1.82) is 0 Å². The lowest BCUT2D eigenvalue weighted by Gasteiger charge is -2.05. The highest BCUT2D eigenvalue weighted by atomic mass is 16.5. The molecule has 0 saturated carbocycles. The maximum Gasteiger partial charge on any atom is 0.342 e. The Bertz CT molecular complexity index is 978. The van der Waals surface area contributed by atoms with Crippen molar-refractivity contribution in [2.75, 3.05) is 0 Å². The summed E-state index contributed by atoms with van der Waals surface area (Å²) < 4.78 is 5.76. The van der Waals surface area contributed by atoms with Crippen LogP contribution in [-0.2, 0) is 0 Å². The van der Waals surface area contributed by atoms with Gasteiger partial charge in [0.25, 0.3) is 5.56 Å². The maximum absolute atomic E-state index is 11.6. The number of aromatic amines is 1. The number of hydrogen-bond acceptors (Lipinski definition) is 4. The summed E-state index contributed by atoms with van der Waals surface area (Å²) in [5.41, 5.74) is -0.239. The number of carboxylic acid groups (broad SMARTS) is 1. The lowest BCUT2D eigenvalue weighted by molar-refractivity contribution is 0.0694. The van der Waals surface area contributed by atoms with Crippen molar-refractivity contribution < 1.29 is 14.6 Å². The molecule has 3 rings (SSSR count). The second-order valence-corrected chi connectivity index (χ2v) is 5.14. The van der Waals surface area contributed by atoms with E-state index < -0.39 is 17.1 Å². The number of carbonyl (C=O) groups is 1. The summed E-state index contributed by atoms with van der Waals surface area (Å²) in [7, 11) is 0. The van der Waals surface area contributed by atoms with Gasteiger partial charge in [-0.25, -0.2) is 9.78 Å². The van der Waals surface area contributed by atoms with Gasteiger partial charge in [-0.05, 0) is 35.9 Å². The summed E-state index contributed by atoms with van der Waals surface area (Å²) in [5.74, 6) is 0.370. The molecule has 0 fully saturated rings. The Hall–Kier alpha value is -3.67. The molecule has 0 unspecified atom stereocenters. The van der Waals surface area contributed by atoms with Gasteiger partial charge < -0.3 is 14.8 Å². The van der Waals surface area contributed by atoms with E-state index in [1.165, 1.54) is 0 Å². The van der Waals surface area contributed by atoms with Gasteiger partial charge in [-0.15, -0.1) is 0 Å². The van der Waals surface area contributed by atoms with Crippen LogP contribution < -0.4 is 10.3 Å². The van der Waals surface area contributed by atoms with E-state index in [1.807, 2.05) is 54.6 Å². The van der Waals surface area contributed by atoms with E-state index in [1.54, 1.807) is 12.2 Å². The molecule has 3 aromatic rings. The molecule has 2 N–H and O–H groups in total. The number of aromatic carboxylic acids is 1. The van der Waals surface area contributed by atoms with Crippen molar-refractivity contribution in [1.82, 2.24) is 9.97 Å². The molecule has 0 aliphatic rings. The van der Waals surface area contributed by atoms with Gasteiger partial charge in [-0.3, -0.25) is 4.79 Å². The van der Waals surface area contributed by atoms with Crippen molar-refractivity contribution in [2.45, 2.75) is 0 Å². The number of hydrogen-bond donors (Lipinski definition) is 2. The minimum Gasteiger partial charge on any atom is -0.477 e. The highest BCUT2D eigenvalue weighted by Crippen LogP contribution is 2.22. The van der Waals surface area contributed by atoms with Gasteiger partial charge in [0.1, 0.15) is 22.9 Å². The van der Waals surface area contributed by atoms with Crippen LogP contribution in [0.3, 0.4) is 0 Å². The number of rotatable bonds is 5. The first kappa shape index (κ1) is 16.2. The Labute approximate surface area is 143 Å². The fraction of sp³-hybridized carbons (Fsp3) is 0. The first-order valence-corrected chi connectivity index (χ1v) is 7.45. The molecule has 0 bridgehead atoms. The molecule has 0 aliphatic heterocycles. The van der Waals surface area contributed by atoms with Crippen LogP contribution in [0.2, 0.25) is 0 Å². The number of para-hydroxylation sites is 1. The molecule has 1 heterocycles. The van der Waals surface area contributed by atoms with Crippen molar-refractivity contribution in [3.8, 4) is 11.5 Å². The number of carboxylic acids is 1. The topological polar surface area (TPSA) is 92.3 Å². The first-order chi connectivity index (χ1) is 12.1. The van der Waals surface area contributed by atoms with Gasteiger partial charge in [0.15, 0.2) is 0 Å². The van der Waals surface area contributed by atoms with E-state index in [9.17, 15) is 9.59 Å². The van der Waals surface area contributed by atoms with Gasteiger partial charge >= 0.3 is 5.97 Å². The number of ether oxygens (including phenoxy) is 1. The van der Waals surface area contributed by atoms with Crippen LogP contribution in [0, 0.1) is 0 Å². The third kappa shape index (κ3) is 4.20. The Kier molecular flexibility index (Phi) is 4.71. The fourth-order valence-corrected chi connectivity index (χ4v) is 2.13. The number of nitrogens with one attached hydrogen (secondary N) is 1. The Morgan fingerprint density at radius 2 is 1.80 bits per heavy atom. The summed E-state index contributed by atoms with van der Waals surface area (Å²) >= 11 is 0. The lowest BCUT2D eigenvalue weighted by Crippen LogP contribution is -2.18. The molecular formula is C19H14N2O4. The molecule has 1 aromatic heterocycles. The third-order valence-electron chi connectivity index (χ3n) is 3.32. The second kappa shape index (κ2) is 7.27. The zero-order valence-corrected chi connectivity index (χ0v) is 13.0. The van der Waals surface area contributed by atoms with Crippen molar-refractivity contribution in [2.24, 2.45) is 0 Å². The number of aromatic nitrogens is 2. The molecule has 0 atom stereocenters. The number of nitrogens with zero attached hydrogens (tertiary/aromatic N) is 1. The summed E-state index contributed by atoms with van der Waals surface area (Å²) in [4.78, 5) is 28.8. The molecule has 0 aliphatic carbocycles. The van der Waals surface area contributed by atoms with Gasteiger partial charge in [0, 0.05) is 6.20 Å². The summed E-state index contributed by atoms with van der Waals surface area (Å²) in [6, 6.07) is 16.8. The fourth-order valence-electron chi connectivity index (χ4n) is 2.13. The summed E-state index contributed by atoms with van der Waals surface area (Å²) in [6.45, 7) is 0. The molecule has 6 heteroatoms. The third-order valence-corrected chi connectivity index (χ3v) is 3.32. The van der Waals surface area contributed by atoms with Crippen LogP contribution in [0.5, 0.6) is 11.5 Å². The van der Waals surface area contributed by atoms with E-state index in [-0.39, 0.29) is 5.82 Å². The van der Waals surface area contributed by atoms with Gasteiger partial charge in [-0.1, -0.05) is 36.4 Å². The SMILES string of the molecule is O=C(O)c1cnc(/C=C/c2cccc(Oc3ccccc3)c2)[nH]c1=O. The van der Waals surface area contributed by atoms with Crippen LogP contribution in [0.4, 0.5) is 0 Å². The van der Waals surface area contributed by atoms with E-state index in [4.69, 9.17) is 9.84 Å². The predicted molar refractivity (Wildman–Crippen MR) is 93.7 cm³/mol. The van der Waals surface area contributed by atoms with E-state index in [0.29, 0.717) is 5.75 Å². The van der Waals surface area contributed by atoms with Crippen molar-refractivity contribution >= 4 is 18.1 Å². The zero-order valence-electron chi connectivity index (χ0n) is 13.0. The number of benzene rings is 2. The van der Waals surface area contributed by atoms with Crippen molar-refractivity contribution in [3.63, 3.8) is 0 Å². The van der Waals surface area contributed by atoms with E-state index >= 15 is 0 Å².